The molecule has 1 aliphatic heterocycles. The van der Waals surface area contributed by atoms with E-state index in [-0.39, 0.29) is 23.2 Å². The van der Waals surface area contributed by atoms with Gasteiger partial charge in [-0.25, -0.2) is 4.98 Å². The van der Waals surface area contributed by atoms with Crippen LogP contribution in [0.1, 0.15) is 47.2 Å². The van der Waals surface area contributed by atoms with Gasteiger partial charge in [-0.05, 0) is 43.4 Å². The summed E-state index contributed by atoms with van der Waals surface area (Å²) in [6.45, 7) is 0.630. The Morgan fingerprint density at radius 3 is 2.92 bits per heavy atom. The number of aromatic hydroxyl groups is 1. The first-order valence-electron chi connectivity index (χ1n) is 8.60. The number of carbonyl (C=O) groups is 2. The molecule has 2 heterocycles. The number of aromatic nitrogens is 1. The molecule has 0 aliphatic carbocycles. The van der Waals surface area contributed by atoms with Crippen LogP contribution in [0.2, 0.25) is 0 Å². The van der Waals surface area contributed by atoms with Crippen molar-refractivity contribution in [3.8, 4) is 5.75 Å². The van der Waals surface area contributed by atoms with Crippen molar-refractivity contribution in [3.05, 3.63) is 47.7 Å². The highest BCUT2D eigenvalue weighted by Gasteiger charge is 2.25. The molecule has 8 nitrogen and oxygen atoms in total. The van der Waals surface area contributed by atoms with Gasteiger partial charge in [-0.3, -0.25) is 9.59 Å². The third kappa shape index (κ3) is 4.40. The van der Waals surface area contributed by atoms with E-state index in [9.17, 15) is 14.7 Å². The molecule has 138 valence electrons. The van der Waals surface area contributed by atoms with Crippen LogP contribution in [0.25, 0.3) is 0 Å². The fourth-order valence-corrected chi connectivity index (χ4v) is 2.84. The van der Waals surface area contributed by atoms with E-state index in [0.717, 1.165) is 18.4 Å². The Labute approximate surface area is 150 Å². The SMILES string of the molecule is NC(Cc1ccc(O)cc1)c1nc(C(=O)NC2CCCCNC2=O)co1. The summed E-state index contributed by atoms with van der Waals surface area (Å²) >= 11 is 0. The molecule has 26 heavy (non-hydrogen) atoms. The third-order valence-electron chi connectivity index (χ3n) is 4.30. The maximum atomic E-state index is 12.3. The standard InChI is InChI=1S/C18H22N4O4/c19-13(9-11-4-6-12(23)7-5-11)18-22-15(10-26-18)17(25)21-14-3-1-2-8-20-16(14)24/h4-7,10,13-14,23H,1-3,8-9,19H2,(H,20,24)(H,21,25). The van der Waals surface area contributed by atoms with E-state index >= 15 is 0 Å². The van der Waals surface area contributed by atoms with Crippen molar-refractivity contribution in [1.29, 1.82) is 0 Å². The number of phenols is 1. The van der Waals surface area contributed by atoms with E-state index in [4.69, 9.17) is 10.2 Å². The molecule has 0 spiro atoms. The number of phenolic OH excluding ortho intramolecular Hbond substituents is 1. The summed E-state index contributed by atoms with van der Waals surface area (Å²) in [5.74, 6) is -0.212. The van der Waals surface area contributed by atoms with Gasteiger partial charge < -0.3 is 25.9 Å². The zero-order valence-corrected chi connectivity index (χ0v) is 14.3. The van der Waals surface area contributed by atoms with Crippen molar-refractivity contribution in [2.45, 2.75) is 37.8 Å². The third-order valence-corrected chi connectivity index (χ3v) is 4.30. The summed E-state index contributed by atoms with van der Waals surface area (Å²) in [5, 5.41) is 14.8. The quantitative estimate of drug-likeness (QED) is 0.631. The van der Waals surface area contributed by atoms with E-state index in [1.807, 2.05) is 0 Å². The Morgan fingerprint density at radius 2 is 2.15 bits per heavy atom. The summed E-state index contributed by atoms with van der Waals surface area (Å²) in [6, 6.07) is 5.59. The van der Waals surface area contributed by atoms with Crippen LogP contribution < -0.4 is 16.4 Å². The van der Waals surface area contributed by atoms with Crippen LogP contribution in [0, 0.1) is 0 Å². The van der Waals surface area contributed by atoms with Gasteiger partial charge in [-0.2, -0.15) is 0 Å². The highest BCUT2D eigenvalue weighted by Crippen LogP contribution is 2.18. The van der Waals surface area contributed by atoms with Gasteiger partial charge in [0.25, 0.3) is 5.91 Å². The van der Waals surface area contributed by atoms with E-state index in [2.05, 4.69) is 15.6 Å². The van der Waals surface area contributed by atoms with Crippen molar-refractivity contribution >= 4 is 11.8 Å². The largest absolute Gasteiger partial charge is 0.508 e. The van der Waals surface area contributed by atoms with Gasteiger partial charge >= 0.3 is 0 Å². The number of oxazole rings is 1. The number of benzene rings is 1. The summed E-state index contributed by atoms with van der Waals surface area (Å²) in [5.41, 5.74) is 7.10. The fourth-order valence-electron chi connectivity index (χ4n) is 2.84. The fraction of sp³-hybridized carbons (Fsp3) is 0.389. The van der Waals surface area contributed by atoms with Crippen LogP contribution >= 0.6 is 0 Å². The monoisotopic (exact) mass is 358 g/mol. The molecule has 0 saturated carbocycles. The number of hydrogen-bond acceptors (Lipinski definition) is 6. The molecule has 2 aromatic rings. The van der Waals surface area contributed by atoms with Crippen LogP contribution in [0.5, 0.6) is 5.75 Å². The second kappa shape index (κ2) is 8.01. The lowest BCUT2D eigenvalue weighted by atomic mass is 10.1. The lowest BCUT2D eigenvalue weighted by Gasteiger charge is -2.13. The van der Waals surface area contributed by atoms with Gasteiger partial charge in [0.15, 0.2) is 5.69 Å². The van der Waals surface area contributed by atoms with Crippen molar-refractivity contribution in [2.75, 3.05) is 6.54 Å². The molecule has 1 fully saturated rings. The number of nitrogens with one attached hydrogen (secondary N) is 2. The number of rotatable bonds is 5. The van der Waals surface area contributed by atoms with E-state index < -0.39 is 18.0 Å². The molecule has 0 radical (unpaired) electrons. The highest BCUT2D eigenvalue weighted by molar-refractivity contribution is 5.95. The summed E-state index contributed by atoms with van der Waals surface area (Å²) in [7, 11) is 0. The van der Waals surface area contributed by atoms with Crippen LogP contribution in [0.4, 0.5) is 0 Å². The highest BCUT2D eigenvalue weighted by atomic mass is 16.3. The zero-order valence-electron chi connectivity index (χ0n) is 14.3. The normalized spacial score (nSPS) is 18.7. The average Bonchev–Trinajstić information content (AvgIpc) is 3.04. The molecule has 2 atom stereocenters. The van der Waals surface area contributed by atoms with E-state index in [1.54, 1.807) is 24.3 Å². The first kappa shape index (κ1) is 17.9. The van der Waals surface area contributed by atoms with Crippen LogP contribution in [0.3, 0.4) is 0 Å². The van der Waals surface area contributed by atoms with Crippen molar-refractivity contribution in [2.24, 2.45) is 5.73 Å². The van der Waals surface area contributed by atoms with Gasteiger partial charge in [-0.15, -0.1) is 0 Å². The van der Waals surface area contributed by atoms with Gasteiger partial charge in [0.1, 0.15) is 18.1 Å². The number of amides is 2. The molecule has 1 aromatic carbocycles. The number of hydrogen-bond donors (Lipinski definition) is 4. The lowest BCUT2D eigenvalue weighted by Crippen LogP contribution is -2.45. The van der Waals surface area contributed by atoms with Crippen LogP contribution in [0.15, 0.2) is 34.9 Å². The first-order valence-corrected chi connectivity index (χ1v) is 8.60. The van der Waals surface area contributed by atoms with Gasteiger partial charge in [0.05, 0.1) is 6.04 Å². The maximum absolute atomic E-state index is 12.3. The summed E-state index contributed by atoms with van der Waals surface area (Å²) in [6.07, 6.45) is 4.06. The molecule has 1 saturated heterocycles. The maximum Gasteiger partial charge on any atom is 0.273 e. The topological polar surface area (TPSA) is 130 Å². The molecule has 3 rings (SSSR count). The van der Waals surface area contributed by atoms with Crippen LogP contribution in [-0.2, 0) is 11.2 Å². The number of nitrogens with two attached hydrogens (primary N) is 1. The molecule has 0 bridgehead atoms. The molecule has 2 unspecified atom stereocenters. The smallest absolute Gasteiger partial charge is 0.273 e. The minimum Gasteiger partial charge on any atom is -0.508 e. The minimum absolute atomic E-state index is 0.0956. The second-order valence-electron chi connectivity index (χ2n) is 6.36. The summed E-state index contributed by atoms with van der Waals surface area (Å²) < 4.78 is 5.34. The number of carbonyl (C=O) groups excluding carboxylic acids is 2. The zero-order chi connectivity index (χ0) is 18.5. The Hall–Kier alpha value is -2.87. The van der Waals surface area contributed by atoms with Crippen molar-refractivity contribution in [3.63, 3.8) is 0 Å². The molecule has 1 aliphatic rings. The predicted octanol–water partition coefficient (Wildman–Crippen LogP) is 1.02. The van der Waals surface area contributed by atoms with E-state index in [0.29, 0.717) is 19.4 Å². The Balaban J connectivity index is 1.61. The van der Waals surface area contributed by atoms with Crippen LogP contribution in [-0.4, -0.2) is 34.5 Å². The average molecular weight is 358 g/mol. The minimum atomic E-state index is -0.559. The Kier molecular flexibility index (Phi) is 5.52. The molecule has 8 heteroatoms. The summed E-state index contributed by atoms with van der Waals surface area (Å²) in [4.78, 5) is 28.4. The number of nitrogens with zero attached hydrogens (tertiary/aromatic N) is 1. The molecule has 2 amide bonds. The predicted molar refractivity (Wildman–Crippen MR) is 93.4 cm³/mol. The Bertz CT molecular complexity index is 772. The van der Waals surface area contributed by atoms with Gasteiger partial charge in [-0.1, -0.05) is 12.1 Å². The van der Waals surface area contributed by atoms with Crippen molar-refractivity contribution in [1.82, 2.24) is 15.6 Å². The molecular weight excluding hydrogens is 336 g/mol. The van der Waals surface area contributed by atoms with Gasteiger partial charge in [0.2, 0.25) is 11.8 Å². The van der Waals surface area contributed by atoms with Crippen molar-refractivity contribution < 1.29 is 19.1 Å². The van der Waals surface area contributed by atoms with E-state index in [1.165, 1.54) is 6.26 Å². The lowest BCUT2D eigenvalue weighted by molar-refractivity contribution is -0.122. The first-order chi connectivity index (χ1) is 12.5. The molecule has 5 N–H and O–H groups in total. The second-order valence-corrected chi connectivity index (χ2v) is 6.36. The molecule has 1 aromatic heterocycles. The van der Waals surface area contributed by atoms with Gasteiger partial charge in [0, 0.05) is 6.54 Å². The molecular formula is C18H22N4O4. The Morgan fingerprint density at radius 1 is 1.38 bits per heavy atom.